The molecular formula is C5H10FI. The van der Waals surface area contributed by atoms with Crippen LogP contribution in [-0.4, -0.2) is 10.6 Å². The summed E-state index contributed by atoms with van der Waals surface area (Å²) in [7, 11) is 0. The summed E-state index contributed by atoms with van der Waals surface area (Å²) < 4.78 is 12.1. The second-order valence-corrected chi connectivity index (χ2v) is 3.77. The van der Waals surface area contributed by atoms with Gasteiger partial charge in [0.1, 0.15) is 0 Å². The van der Waals surface area contributed by atoms with Crippen molar-refractivity contribution in [2.45, 2.75) is 17.8 Å². The number of hydrogen-bond donors (Lipinski definition) is 0. The number of rotatable bonds is 2. The SMILES string of the molecule is CC(I)C(C)CF. The average Bonchev–Trinajstić information content (AvgIpc) is 1.65. The van der Waals surface area contributed by atoms with Gasteiger partial charge in [0.25, 0.3) is 0 Å². The number of halogens is 2. The van der Waals surface area contributed by atoms with Crippen molar-refractivity contribution < 1.29 is 4.39 Å². The molecule has 0 rings (SSSR count). The summed E-state index contributed by atoms with van der Waals surface area (Å²) in [5.41, 5.74) is 0. The minimum atomic E-state index is -0.190. The standard InChI is InChI=1S/C5H10FI/c1-4(3-6)5(2)7/h4-5H,3H2,1-2H3. The molecule has 0 nitrogen and oxygen atoms in total. The normalized spacial score (nSPS) is 18.9. The van der Waals surface area contributed by atoms with Gasteiger partial charge in [0.15, 0.2) is 0 Å². The fourth-order valence-corrected chi connectivity index (χ4v) is 0.315. The summed E-state index contributed by atoms with van der Waals surface area (Å²) in [4.78, 5) is 0. The second-order valence-electron chi connectivity index (χ2n) is 1.81. The van der Waals surface area contributed by atoms with Crippen LogP contribution in [-0.2, 0) is 0 Å². The predicted molar refractivity (Wildman–Crippen MR) is 38.6 cm³/mol. The quantitative estimate of drug-likeness (QED) is 0.491. The average molecular weight is 216 g/mol. The molecule has 0 aromatic rings. The number of alkyl halides is 2. The van der Waals surface area contributed by atoms with E-state index in [-0.39, 0.29) is 12.6 Å². The molecule has 0 heterocycles. The maximum absolute atomic E-state index is 11.6. The highest BCUT2D eigenvalue weighted by molar-refractivity contribution is 14.1. The Morgan fingerprint density at radius 1 is 1.57 bits per heavy atom. The summed E-state index contributed by atoms with van der Waals surface area (Å²) in [5.74, 6) is 0.223. The highest BCUT2D eigenvalue weighted by Gasteiger charge is 2.05. The molecule has 44 valence electrons. The molecule has 0 fully saturated rings. The largest absolute Gasteiger partial charge is 0.251 e. The minimum absolute atomic E-state index is 0.190. The Balaban J connectivity index is 3.14. The smallest absolute Gasteiger partial charge is 0.0929 e. The fourth-order valence-electron chi connectivity index (χ4n) is 0.123. The molecule has 0 aromatic heterocycles. The molecule has 7 heavy (non-hydrogen) atoms. The predicted octanol–water partition coefficient (Wildman–Crippen LogP) is 2.42. The topological polar surface area (TPSA) is 0 Å². The molecule has 0 aromatic carbocycles. The van der Waals surface area contributed by atoms with Gasteiger partial charge in [-0.05, 0) is 5.92 Å². The molecule has 0 aliphatic carbocycles. The second kappa shape index (κ2) is 3.64. The first-order valence-corrected chi connectivity index (χ1v) is 3.63. The molecule has 0 spiro atoms. The van der Waals surface area contributed by atoms with Crippen molar-refractivity contribution >= 4 is 22.6 Å². The highest BCUT2D eigenvalue weighted by Crippen LogP contribution is 2.11. The van der Waals surface area contributed by atoms with E-state index in [9.17, 15) is 4.39 Å². The van der Waals surface area contributed by atoms with Gasteiger partial charge in [-0.2, -0.15) is 0 Å². The Kier molecular flexibility index (Phi) is 3.98. The van der Waals surface area contributed by atoms with Crippen LogP contribution in [0.25, 0.3) is 0 Å². The van der Waals surface area contributed by atoms with E-state index in [1.807, 2.05) is 13.8 Å². The van der Waals surface area contributed by atoms with Crippen molar-refractivity contribution in [1.29, 1.82) is 0 Å². The van der Waals surface area contributed by atoms with Crippen LogP contribution in [0, 0.1) is 5.92 Å². The molecule has 0 saturated heterocycles. The van der Waals surface area contributed by atoms with Crippen LogP contribution >= 0.6 is 22.6 Å². The molecule has 2 atom stereocenters. The van der Waals surface area contributed by atoms with Crippen LogP contribution in [0.2, 0.25) is 0 Å². The molecule has 0 radical (unpaired) electrons. The first-order valence-electron chi connectivity index (χ1n) is 2.38. The first kappa shape index (κ1) is 7.66. The van der Waals surface area contributed by atoms with Gasteiger partial charge >= 0.3 is 0 Å². The van der Waals surface area contributed by atoms with Gasteiger partial charge in [0, 0.05) is 3.92 Å². The molecule has 0 bridgehead atoms. The summed E-state index contributed by atoms with van der Waals surface area (Å²) >= 11 is 2.23. The van der Waals surface area contributed by atoms with E-state index >= 15 is 0 Å². The molecule has 0 N–H and O–H groups in total. The van der Waals surface area contributed by atoms with Crippen molar-refractivity contribution in [1.82, 2.24) is 0 Å². The van der Waals surface area contributed by atoms with Gasteiger partial charge < -0.3 is 0 Å². The first-order chi connectivity index (χ1) is 3.18. The molecule has 0 amide bonds. The maximum Gasteiger partial charge on any atom is 0.0929 e. The fraction of sp³-hybridized carbons (Fsp3) is 1.00. The summed E-state index contributed by atoms with van der Waals surface area (Å²) in [6, 6.07) is 0. The molecular weight excluding hydrogens is 206 g/mol. The minimum Gasteiger partial charge on any atom is -0.251 e. The van der Waals surface area contributed by atoms with E-state index in [1.165, 1.54) is 0 Å². The lowest BCUT2D eigenvalue weighted by atomic mass is 10.1. The van der Waals surface area contributed by atoms with Crippen molar-refractivity contribution in [2.75, 3.05) is 6.67 Å². The van der Waals surface area contributed by atoms with Crippen LogP contribution in [0.3, 0.4) is 0 Å². The lowest BCUT2D eigenvalue weighted by Crippen LogP contribution is -2.07. The zero-order valence-electron chi connectivity index (χ0n) is 4.62. The third-order valence-corrected chi connectivity index (χ3v) is 2.26. The van der Waals surface area contributed by atoms with Gasteiger partial charge in [0.05, 0.1) is 6.67 Å². The highest BCUT2D eigenvalue weighted by atomic mass is 127. The van der Waals surface area contributed by atoms with Crippen LogP contribution in [0.1, 0.15) is 13.8 Å². The summed E-state index contributed by atoms with van der Waals surface area (Å²) in [6.45, 7) is 3.74. The van der Waals surface area contributed by atoms with Gasteiger partial charge in [-0.15, -0.1) is 0 Å². The van der Waals surface area contributed by atoms with E-state index in [0.717, 1.165) is 0 Å². The Labute approximate surface area is 57.6 Å². The van der Waals surface area contributed by atoms with E-state index in [1.54, 1.807) is 0 Å². The van der Waals surface area contributed by atoms with Crippen molar-refractivity contribution in [2.24, 2.45) is 5.92 Å². The third kappa shape index (κ3) is 3.26. The maximum atomic E-state index is 11.6. The van der Waals surface area contributed by atoms with Gasteiger partial charge in [-0.3, -0.25) is 4.39 Å². The zero-order valence-corrected chi connectivity index (χ0v) is 6.78. The molecule has 2 heteroatoms. The summed E-state index contributed by atoms with van der Waals surface area (Å²) in [6.07, 6.45) is 0. The molecule has 0 aliphatic rings. The Morgan fingerprint density at radius 3 is 2.00 bits per heavy atom. The van der Waals surface area contributed by atoms with E-state index in [0.29, 0.717) is 3.92 Å². The Hall–Kier alpha value is 0.660. The molecule has 0 saturated carbocycles. The van der Waals surface area contributed by atoms with E-state index in [4.69, 9.17) is 0 Å². The Bertz CT molecular complexity index is 45.3. The third-order valence-electron chi connectivity index (χ3n) is 1.03. The van der Waals surface area contributed by atoms with Crippen molar-refractivity contribution in [3.63, 3.8) is 0 Å². The van der Waals surface area contributed by atoms with E-state index in [2.05, 4.69) is 22.6 Å². The van der Waals surface area contributed by atoms with Gasteiger partial charge in [-0.25, -0.2) is 0 Å². The molecule has 0 aliphatic heterocycles. The van der Waals surface area contributed by atoms with Crippen LogP contribution in [0.15, 0.2) is 0 Å². The Morgan fingerprint density at radius 2 is 2.00 bits per heavy atom. The van der Waals surface area contributed by atoms with Crippen LogP contribution in [0.4, 0.5) is 4.39 Å². The van der Waals surface area contributed by atoms with Gasteiger partial charge in [0.2, 0.25) is 0 Å². The van der Waals surface area contributed by atoms with Gasteiger partial charge in [-0.1, -0.05) is 36.4 Å². The van der Waals surface area contributed by atoms with Crippen molar-refractivity contribution in [3.05, 3.63) is 0 Å². The van der Waals surface area contributed by atoms with Crippen molar-refractivity contribution in [3.8, 4) is 0 Å². The zero-order chi connectivity index (χ0) is 5.86. The summed E-state index contributed by atoms with van der Waals surface area (Å²) in [5, 5.41) is 0. The number of hydrogen-bond acceptors (Lipinski definition) is 0. The monoisotopic (exact) mass is 216 g/mol. The van der Waals surface area contributed by atoms with E-state index < -0.39 is 0 Å². The molecule has 2 unspecified atom stereocenters. The lowest BCUT2D eigenvalue weighted by molar-refractivity contribution is 0.387. The lowest BCUT2D eigenvalue weighted by Gasteiger charge is -2.06. The van der Waals surface area contributed by atoms with Crippen LogP contribution in [0.5, 0.6) is 0 Å². The van der Waals surface area contributed by atoms with Crippen LogP contribution < -0.4 is 0 Å².